The smallest absolute Gasteiger partial charge is 0.155 e. The molecule has 0 aromatic carbocycles. The molecule has 4 nitrogen and oxygen atoms in total. The zero-order chi connectivity index (χ0) is 10.8. The minimum atomic E-state index is 0.368. The highest BCUT2D eigenvalue weighted by molar-refractivity contribution is 5.39. The fraction of sp³-hybridized carbons (Fsp3) is 0.455. The van der Waals surface area contributed by atoms with Gasteiger partial charge in [-0.1, -0.05) is 19.9 Å². The standard InChI is InChI=1S/C11H16N4/c1-8(2)11-13-10-6-4-5-9(7-12-3)15(10)14-11/h4-6,8,12H,7H2,1-3H3. The van der Waals surface area contributed by atoms with E-state index < -0.39 is 0 Å². The van der Waals surface area contributed by atoms with Crippen LogP contribution >= 0.6 is 0 Å². The number of hydrogen-bond acceptors (Lipinski definition) is 3. The van der Waals surface area contributed by atoms with Crippen molar-refractivity contribution in [2.75, 3.05) is 7.05 Å². The van der Waals surface area contributed by atoms with E-state index in [1.54, 1.807) is 0 Å². The van der Waals surface area contributed by atoms with E-state index in [9.17, 15) is 0 Å². The summed E-state index contributed by atoms with van der Waals surface area (Å²) in [5, 5.41) is 7.62. The van der Waals surface area contributed by atoms with Crippen molar-refractivity contribution < 1.29 is 0 Å². The molecule has 2 aromatic rings. The number of rotatable bonds is 3. The minimum Gasteiger partial charge on any atom is -0.314 e. The predicted octanol–water partition coefficient (Wildman–Crippen LogP) is 1.57. The first-order valence-electron chi connectivity index (χ1n) is 5.21. The first-order valence-corrected chi connectivity index (χ1v) is 5.21. The summed E-state index contributed by atoms with van der Waals surface area (Å²) in [6, 6.07) is 6.06. The number of fused-ring (bicyclic) bond motifs is 1. The number of aromatic nitrogens is 3. The normalized spacial score (nSPS) is 11.5. The average molecular weight is 204 g/mol. The van der Waals surface area contributed by atoms with E-state index in [1.807, 2.05) is 23.7 Å². The molecule has 0 saturated heterocycles. The molecule has 0 fully saturated rings. The molecule has 0 amide bonds. The van der Waals surface area contributed by atoms with Gasteiger partial charge in [-0.05, 0) is 19.2 Å². The van der Waals surface area contributed by atoms with Gasteiger partial charge in [-0.25, -0.2) is 9.50 Å². The van der Waals surface area contributed by atoms with Crippen LogP contribution in [-0.2, 0) is 6.54 Å². The number of nitrogens with zero attached hydrogens (tertiary/aromatic N) is 3. The van der Waals surface area contributed by atoms with Crippen molar-refractivity contribution in [2.45, 2.75) is 26.3 Å². The van der Waals surface area contributed by atoms with Crippen LogP contribution in [0.2, 0.25) is 0 Å². The Hall–Kier alpha value is -1.42. The van der Waals surface area contributed by atoms with Crippen LogP contribution in [0.5, 0.6) is 0 Å². The molecule has 0 aliphatic rings. The van der Waals surface area contributed by atoms with Crippen LogP contribution in [-0.4, -0.2) is 21.6 Å². The van der Waals surface area contributed by atoms with Crippen molar-refractivity contribution in [2.24, 2.45) is 0 Å². The van der Waals surface area contributed by atoms with Gasteiger partial charge in [0.15, 0.2) is 11.5 Å². The Morgan fingerprint density at radius 3 is 2.87 bits per heavy atom. The summed E-state index contributed by atoms with van der Waals surface area (Å²) in [4.78, 5) is 4.48. The second kappa shape index (κ2) is 3.98. The summed E-state index contributed by atoms with van der Waals surface area (Å²) in [6.07, 6.45) is 0. The molecule has 0 aliphatic carbocycles. The molecular formula is C11H16N4. The van der Waals surface area contributed by atoms with E-state index in [4.69, 9.17) is 0 Å². The summed E-state index contributed by atoms with van der Waals surface area (Å²) in [7, 11) is 1.93. The fourth-order valence-corrected chi connectivity index (χ4v) is 1.54. The Kier molecular flexibility index (Phi) is 2.68. The molecule has 0 unspecified atom stereocenters. The van der Waals surface area contributed by atoms with Crippen molar-refractivity contribution in [1.82, 2.24) is 19.9 Å². The van der Waals surface area contributed by atoms with Crippen molar-refractivity contribution in [3.05, 3.63) is 29.7 Å². The lowest BCUT2D eigenvalue weighted by atomic mass is 10.2. The van der Waals surface area contributed by atoms with Gasteiger partial charge in [0.05, 0.1) is 5.69 Å². The Morgan fingerprint density at radius 2 is 2.20 bits per heavy atom. The molecule has 0 atom stereocenters. The zero-order valence-electron chi connectivity index (χ0n) is 9.36. The fourth-order valence-electron chi connectivity index (χ4n) is 1.54. The molecule has 0 aliphatic heterocycles. The molecule has 0 radical (unpaired) electrons. The molecular weight excluding hydrogens is 188 g/mol. The van der Waals surface area contributed by atoms with E-state index >= 15 is 0 Å². The largest absolute Gasteiger partial charge is 0.314 e. The lowest BCUT2D eigenvalue weighted by Gasteiger charge is -2.01. The molecule has 4 heteroatoms. The number of nitrogens with one attached hydrogen (secondary N) is 1. The molecule has 0 bridgehead atoms. The quantitative estimate of drug-likeness (QED) is 0.825. The van der Waals surface area contributed by atoms with Gasteiger partial charge in [-0.15, -0.1) is 0 Å². The lowest BCUT2D eigenvalue weighted by Crippen LogP contribution is -2.10. The molecule has 1 N–H and O–H groups in total. The minimum absolute atomic E-state index is 0.368. The van der Waals surface area contributed by atoms with Gasteiger partial charge in [0.2, 0.25) is 0 Å². The highest BCUT2D eigenvalue weighted by Crippen LogP contribution is 2.12. The van der Waals surface area contributed by atoms with Crippen molar-refractivity contribution in [1.29, 1.82) is 0 Å². The highest BCUT2D eigenvalue weighted by Gasteiger charge is 2.08. The summed E-state index contributed by atoms with van der Waals surface area (Å²) in [6.45, 7) is 5.01. The monoisotopic (exact) mass is 204 g/mol. The Bertz CT molecular complexity index is 459. The topological polar surface area (TPSA) is 42.2 Å². The maximum absolute atomic E-state index is 4.50. The summed E-state index contributed by atoms with van der Waals surface area (Å²) in [5.74, 6) is 1.27. The summed E-state index contributed by atoms with van der Waals surface area (Å²) >= 11 is 0. The highest BCUT2D eigenvalue weighted by atomic mass is 15.3. The van der Waals surface area contributed by atoms with E-state index in [2.05, 4.69) is 35.3 Å². The van der Waals surface area contributed by atoms with E-state index in [0.717, 1.165) is 23.7 Å². The van der Waals surface area contributed by atoms with Crippen LogP contribution in [0.1, 0.15) is 31.3 Å². The Morgan fingerprint density at radius 1 is 1.40 bits per heavy atom. The second-order valence-electron chi connectivity index (χ2n) is 3.94. The van der Waals surface area contributed by atoms with Gasteiger partial charge < -0.3 is 5.32 Å². The van der Waals surface area contributed by atoms with Crippen molar-refractivity contribution in [3.8, 4) is 0 Å². The van der Waals surface area contributed by atoms with Gasteiger partial charge in [-0.3, -0.25) is 0 Å². The van der Waals surface area contributed by atoms with Gasteiger partial charge >= 0.3 is 0 Å². The first kappa shape index (κ1) is 10.1. The molecule has 80 valence electrons. The molecule has 2 heterocycles. The predicted molar refractivity (Wildman–Crippen MR) is 59.8 cm³/mol. The summed E-state index contributed by atoms with van der Waals surface area (Å²) < 4.78 is 1.91. The van der Waals surface area contributed by atoms with E-state index in [1.165, 1.54) is 0 Å². The zero-order valence-corrected chi connectivity index (χ0v) is 9.36. The van der Waals surface area contributed by atoms with Crippen LogP contribution in [0.4, 0.5) is 0 Å². The van der Waals surface area contributed by atoms with Gasteiger partial charge in [0, 0.05) is 12.5 Å². The molecule has 2 rings (SSSR count). The maximum atomic E-state index is 4.50. The van der Waals surface area contributed by atoms with E-state index in [0.29, 0.717) is 5.92 Å². The Labute approximate surface area is 89.3 Å². The Balaban J connectivity index is 2.54. The first-order chi connectivity index (χ1) is 7.22. The maximum Gasteiger partial charge on any atom is 0.155 e. The number of pyridine rings is 1. The van der Waals surface area contributed by atoms with Gasteiger partial charge in [0.25, 0.3) is 0 Å². The molecule has 0 spiro atoms. The van der Waals surface area contributed by atoms with Crippen molar-refractivity contribution in [3.63, 3.8) is 0 Å². The van der Waals surface area contributed by atoms with Crippen LogP contribution in [0.15, 0.2) is 18.2 Å². The van der Waals surface area contributed by atoms with Gasteiger partial charge in [-0.2, -0.15) is 5.10 Å². The van der Waals surface area contributed by atoms with Crippen LogP contribution in [0, 0.1) is 0 Å². The third-order valence-corrected chi connectivity index (χ3v) is 2.33. The average Bonchev–Trinajstić information content (AvgIpc) is 2.63. The van der Waals surface area contributed by atoms with Gasteiger partial charge in [0.1, 0.15) is 0 Å². The lowest BCUT2D eigenvalue weighted by molar-refractivity contribution is 0.718. The third kappa shape index (κ3) is 1.85. The second-order valence-corrected chi connectivity index (χ2v) is 3.94. The van der Waals surface area contributed by atoms with Crippen molar-refractivity contribution >= 4 is 5.65 Å². The van der Waals surface area contributed by atoms with Crippen LogP contribution < -0.4 is 5.32 Å². The van der Waals surface area contributed by atoms with E-state index in [-0.39, 0.29) is 0 Å². The molecule has 2 aromatic heterocycles. The SMILES string of the molecule is CNCc1cccc2nc(C(C)C)nn12. The molecule has 0 saturated carbocycles. The number of hydrogen-bond donors (Lipinski definition) is 1. The van der Waals surface area contributed by atoms with Crippen LogP contribution in [0.25, 0.3) is 5.65 Å². The third-order valence-electron chi connectivity index (χ3n) is 2.33. The summed E-state index contributed by atoms with van der Waals surface area (Å²) in [5.41, 5.74) is 2.06. The van der Waals surface area contributed by atoms with Crippen LogP contribution in [0.3, 0.4) is 0 Å². The molecule has 15 heavy (non-hydrogen) atoms.